The number of carboxylic acid groups (broad SMARTS) is 1. The molecule has 1 N–H and O–H groups in total. The second-order valence-electron chi connectivity index (χ2n) is 4.04. The van der Waals surface area contributed by atoms with E-state index in [0.29, 0.717) is 6.54 Å². The first-order valence-electron chi connectivity index (χ1n) is 5.18. The first-order chi connectivity index (χ1) is 7.58. The molecule has 0 aliphatic carbocycles. The molecule has 4 nitrogen and oxygen atoms in total. The van der Waals surface area contributed by atoms with E-state index < -0.39 is 5.97 Å². The van der Waals surface area contributed by atoms with Gasteiger partial charge in [-0.2, -0.15) is 11.3 Å². The Labute approximate surface area is 100 Å². The van der Waals surface area contributed by atoms with E-state index in [1.165, 1.54) is 5.56 Å². The molecule has 1 heterocycles. The van der Waals surface area contributed by atoms with Crippen molar-refractivity contribution in [3.8, 4) is 0 Å². The molecule has 0 spiro atoms. The zero-order valence-corrected chi connectivity index (χ0v) is 10.5. The molecule has 0 amide bonds. The minimum Gasteiger partial charge on any atom is -0.480 e. The average molecular weight is 242 g/mol. The van der Waals surface area contributed by atoms with Gasteiger partial charge in [-0.1, -0.05) is 0 Å². The van der Waals surface area contributed by atoms with Crippen LogP contribution in [0.1, 0.15) is 5.56 Å². The molecule has 16 heavy (non-hydrogen) atoms. The first kappa shape index (κ1) is 13.2. The largest absolute Gasteiger partial charge is 0.480 e. The van der Waals surface area contributed by atoms with Crippen molar-refractivity contribution in [1.82, 2.24) is 9.80 Å². The molecule has 90 valence electrons. The lowest BCUT2D eigenvalue weighted by atomic mass is 10.3. The van der Waals surface area contributed by atoms with Gasteiger partial charge in [-0.15, -0.1) is 0 Å². The molecule has 0 bridgehead atoms. The Kier molecular flexibility index (Phi) is 5.45. The molecule has 0 saturated carbocycles. The highest BCUT2D eigenvalue weighted by molar-refractivity contribution is 7.07. The Morgan fingerprint density at radius 3 is 2.69 bits per heavy atom. The van der Waals surface area contributed by atoms with Gasteiger partial charge in [0.25, 0.3) is 0 Å². The average Bonchev–Trinajstić information content (AvgIpc) is 2.66. The van der Waals surface area contributed by atoms with Crippen LogP contribution >= 0.6 is 11.3 Å². The monoisotopic (exact) mass is 242 g/mol. The third kappa shape index (κ3) is 5.25. The summed E-state index contributed by atoms with van der Waals surface area (Å²) in [5.41, 5.74) is 1.19. The lowest BCUT2D eigenvalue weighted by molar-refractivity contribution is -0.138. The first-order valence-corrected chi connectivity index (χ1v) is 6.12. The second-order valence-corrected chi connectivity index (χ2v) is 4.82. The van der Waals surface area contributed by atoms with Crippen LogP contribution in [0.15, 0.2) is 16.8 Å². The number of thiophene rings is 1. The number of rotatable bonds is 7. The van der Waals surface area contributed by atoms with Crippen LogP contribution in [0.4, 0.5) is 0 Å². The van der Waals surface area contributed by atoms with Gasteiger partial charge in [0.2, 0.25) is 0 Å². The molecule has 0 radical (unpaired) electrons. The summed E-state index contributed by atoms with van der Waals surface area (Å²) >= 11 is 1.64. The number of aliphatic carboxylic acids is 1. The zero-order chi connectivity index (χ0) is 12.0. The van der Waals surface area contributed by atoms with Gasteiger partial charge < -0.3 is 10.0 Å². The maximum atomic E-state index is 10.7. The van der Waals surface area contributed by atoms with Crippen molar-refractivity contribution in [2.24, 2.45) is 0 Å². The van der Waals surface area contributed by atoms with Crippen molar-refractivity contribution in [1.29, 1.82) is 0 Å². The topological polar surface area (TPSA) is 43.8 Å². The Bertz CT molecular complexity index is 312. The fourth-order valence-electron chi connectivity index (χ4n) is 1.39. The molecular formula is C11H18N2O2S. The number of hydrogen-bond donors (Lipinski definition) is 1. The van der Waals surface area contributed by atoms with Gasteiger partial charge >= 0.3 is 5.97 Å². The van der Waals surface area contributed by atoms with Crippen LogP contribution in [-0.2, 0) is 11.3 Å². The van der Waals surface area contributed by atoms with Crippen molar-refractivity contribution >= 4 is 17.3 Å². The zero-order valence-electron chi connectivity index (χ0n) is 9.72. The van der Waals surface area contributed by atoms with Crippen LogP contribution in [0, 0.1) is 0 Å². The second kappa shape index (κ2) is 6.62. The van der Waals surface area contributed by atoms with E-state index in [0.717, 1.165) is 13.1 Å². The van der Waals surface area contributed by atoms with Gasteiger partial charge in [-0.05, 0) is 36.5 Å². The molecule has 0 fully saturated rings. The fourth-order valence-corrected chi connectivity index (χ4v) is 2.05. The number of hydrogen-bond acceptors (Lipinski definition) is 4. The van der Waals surface area contributed by atoms with Crippen LogP contribution in [0.3, 0.4) is 0 Å². The van der Waals surface area contributed by atoms with Crippen molar-refractivity contribution < 1.29 is 9.90 Å². The van der Waals surface area contributed by atoms with E-state index in [4.69, 9.17) is 5.11 Å². The summed E-state index contributed by atoms with van der Waals surface area (Å²) in [6.45, 7) is 2.46. The highest BCUT2D eigenvalue weighted by Crippen LogP contribution is 2.09. The van der Waals surface area contributed by atoms with Crippen molar-refractivity contribution in [3.05, 3.63) is 22.4 Å². The molecule has 5 heteroatoms. The molecule has 1 rings (SSSR count). The van der Waals surface area contributed by atoms with Crippen molar-refractivity contribution in [2.45, 2.75) is 6.54 Å². The number of nitrogens with zero attached hydrogens (tertiary/aromatic N) is 2. The Morgan fingerprint density at radius 2 is 2.19 bits per heavy atom. The van der Waals surface area contributed by atoms with Crippen LogP contribution in [0.25, 0.3) is 0 Å². The summed E-state index contributed by atoms with van der Waals surface area (Å²) in [7, 11) is 3.98. The van der Waals surface area contributed by atoms with Gasteiger partial charge in [-0.3, -0.25) is 9.69 Å². The molecule has 1 aromatic heterocycles. The van der Waals surface area contributed by atoms with Crippen molar-refractivity contribution in [3.63, 3.8) is 0 Å². The minimum absolute atomic E-state index is 0.101. The molecular weight excluding hydrogens is 224 g/mol. The molecule has 0 unspecified atom stereocenters. The SMILES string of the molecule is CN(C)CCN(CC(=O)O)Cc1ccsc1. The molecule has 0 aliphatic heterocycles. The van der Waals surface area contributed by atoms with Crippen molar-refractivity contribution in [2.75, 3.05) is 33.7 Å². The quantitative estimate of drug-likeness (QED) is 0.780. The highest BCUT2D eigenvalue weighted by atomic mass is 32.1. The molecule has 1 aromatic rings. The predicted octanol–water partition coefficient (Wildman–Crippen LogP) is 1.20. The lowest BCUT2D eigenvalue weighted by Crippen LogP contribution is -2.35. The standard InChI is InChI=1S/C11H18N2O2S/c1-12(2)4-5-13(8-11(14)15)7-10-3-6-16-9-10/h3,6,9H,4-5,7-8H2,1-2H3,(H,14,15). The number of likely N-dealkylation sites (N-methyl/N-ethyl adjacent to an activating group) is 1. The Balaban J connectivity index is 2.46. The lowest BCUT2D eigenvalue weighted by Gasteiger charge is -2.21. The normalized spacial score (nSPS) is 11.2. The minimum atomic E-state index is -0.769. The Hall–Kier alpha value is -0.910. The van der Waals surface area contributed by atoms with Gasteiger partial charge in [0.05, 0.1) is 6.54 Å². The third-order valence-corrected chi connectivity index (χ3v) is 2.94. The number of carboxylic acids is 1. The summed E-state index contributed by atoms with van der Waals surface area (Å²) < 4.78 is 0. The van der Waals surface area contributed by atoms with Crippen LogP contribution in [0.2, 0.25) is 0 Å². The maximum Gasteiger partial charge on any atom is 0.317 e. The predicted molar refractivity (Wildman–Crippen MR) is 65.8 cm³/mol. The highest BCUT2D eigenvalue weighted by Gasteiger charge is 2.10. The van der Waals surface area contributed by atoms with E-state index in [1.54, 1.807) is 11.3 Å². The molecule has 0 aliphatic rings. The van der Waals surface area contributed by atoms with Gasteiger partial charge in [0.1, 0.15) is 0 Å². The van der Waals surface area contributed by atoms with E-state index in [-0.39, 0.29) is 6.54 Å². The van der Waals surface area contributed by atoms with E-state index in [1.807, 2.05) is 30.4 Å². The number of carbonyl (C=O) groups is 1. The summed E-state index contributed by atoms with van der Waals surface area (Å²) in [6.07, 6.45) is 0. The Morgan fingerprint density at radius 1 is 1.44 bits per heavy atom. The summed E-state index contributed by atoms with van der Waals surface area (Å²) in [5.74, 6) is -0.769. The fraction of sp³-hybridized carbons (Fsp3) is 0.545. The third-order valence-electron chi connectivity index (χ3n) is 2.21. The maximum absolute atomic E-state index is 10.7. The summed E-state index contributed by atoms with van der Waals surface area (Å²) in [4.78, 5) is 14.7. The molecule has 0 atom stereocenters. The van der Waals surface area contributed by atoms with E-state index >= 15 is 0 Å². The molecule has 0 saturated heterocycles. The van der Waals surface area contributed by atoms with E-state index in [2.05, 4.69) is 10.3 Å². The van der Waals surface area contributed by atoms with Crippen LogP contribution in [0.5, 0.6) is 0 Å². The van der Waals surface area contributed by atoms with Crippen LogP contribution in [-0.4, -0.2) is 54.6 Å². The van der Waals surface area contributed by atoms with Gasteiger partial charge in [0, 0.05) is 19.6 Å². The smallest absolute Gasteiger partial charge is 0.317 e. The van der Waals surface area contributed by atoms with Gasteiger partial charge in [-0.25, -0.2) is 0 Å². The van der Waals surface area contributed by atoms with E-state index in [9.17, 15) is 4.79 Å². The summed E-state index contributed by atoms with van der Waals surface area (Å²) in [5, 5.41) is 12.9. The van der Waals surface area contributed by atoms with Crippen LogP contribution < -0.4 is 0 Å². The van der Waals surface area contributed by atoms with Gasteiger partial charge in [0.15, 0.2) is 0 Å². The molecule has 0 aromatic carbocycles. The summed E-state index contributed by atoms with van der Waals surface area (Å²) in [6, 6.07) is 2.04.